The molecule has 2 aliphatic carbocycles. The third-order valence-electron chi connectivity index (χ3n) is 4.56. The van der Waals surface area contributed by atoms with Gasteiger partial charge >= 0.3 is 0 Å². The van der Waals surface area contributed by atoms with Crippen molar-refractivity contribution in [1.82, 2.24) is 14.8 Å². The lowest BCUT2D eigenvalue weighted by molar-refractivity contribution is -0.117. The summed E-state index contributed by atoms with van der Waals surface area (Å²) < 4.78 is 2.98. The van der Waals surface area contributed by atoms with E-state index < -0.39 is 0 Å². The molecular weight excluding hydrogens is 308 g/mol. The molecule has 0 unspecified atom stereocenters. The van der Waals surface area contributed by atoms with Crippen LogP contribution in [0.4, 0.5) is 5.82 Å². The number of thiazole rings is 1. The van der Waals surface area contributed by atoms with Crippen LogP contribution in [-0.2, 0) is 17.6 Å². The highest BCUT2D eigenvalue weighted by atomic mass is 32.1. The fourth-order valence-corrected chi connectivity index (χ4v) is 4.10. The molecule has 2 heterocycles. The molecule has 0 spiro atoms. The molecule has 1 saturated carbocycles. The summed E-state index contributed by atoms with van der Waals surface area (Å²) in [5.74, 6) is 1.15. The summed E-state index contributed by atoms with van der Waals surface area (Å²) in [5.41, 5.74) is 3.27. The number of fused-ring (bicyclic) bond motifs is 2. The van der Waals surface area contributed by atoms with Gasteiger partial charge in [-0.2, -0.15) is 9.78 Å². The molecule has 5 nitrogen and oxygen atoms in total. The van der Waals surface area contributed by atoms with Gasteiger partial charge in [0.2, 0.25) is 11.0 Å². The van der Waals surface area contributed by atoms with Crippen molar-refractivity contribution in [2.75, 3.05) is 5.32 Å². The Bertz CT molecular complexity index is 889. The van der Waals surface area contributed by atoms with Crippen LogP contribution in [0.3, 0.4) is 0 Å². The number of hydrogen-bond donors (Lipinski definition) is 1. The number of anilines is 1. The van der Waals surface area contributed by atoms with E-state index in [2.05, 4.69) is 11.4 Å². The third kappa shape index (κ3) is 2.16. The molecule has 0 bridgehead atoms. The first-order chi connectivity index (χ1) is 11.3. The molecular formula is C17H16N4OS. The van der Waals surface area contributed by atoms with Gasteiger partial charge in [0, 0.05) is 11.5 Å². The van der Waals surface area contributed by atoms with Gasteiger partial charge in [0.05, 0.1) is 15.9 Å². The molecule has 0 radical (unpaired) electrons. The van der Waals surface area contributed by atoms with Gasteiger partial charge in [-0.15, -0.1) is 0 Å². The maximum Gasteiger partial charge on any atom is 0.228 e. The summed E-state index contributed by atoms with van der Waals surface area (Å²) in [6.07, 6.45) is 5.09. The highest BCUT2D eigenvalue weighted by Gasteiger charge is 2.32. The second kappa shape index (κ2) is 4.89. The third-order valence-corrected chi connectivity index (χ3v) is 5.57. The zero-order chi connectivity index (χ0) is 15.4. The molecule has 2 aliphatic rings. The minimum Gasteiger partial charge on any atom is -0.310 e. The number of hydrogen-bond acceptors (Lipinski definition) is 4. The summed E-state index contributed by atoms with van der Waals surface area (Å²) in [7, 11) is 0. The van der Waals surface area contributed by atoms with E-state index in [-0.39, 0.29) is 11.8 Å². The van der Waals surface area contributed by atoms with Crippen molar-refractivity contribution in [2.45, 2.75) is 32.1 Å². The van der Waals surface area contributed by atoms with Crippen LogP contribution in [0.25, 0.3) is 15.3 Å². The second-order valence-corrected chi connectivity index (χ2v) is 7.28. The molecule has 0 atom stereocenters. The summed E-state index contributed by atoms with van der Waals surface area (Å²) in [6, 6.07) is 8.08. The fraction of sp³-hybridized carbons (Fsp3) is 0.353. The lowest BCUT2D eigenvalue weighted by Gasteiger charge is -2.08. The zero-order valence-electron chi connectivity index (χ0n) is 12.6. The van der Waals surface area contributed by atoms with Gasteiger partial charge in [0.1, 0.15) is 5.82 Å². The zero-order valence-corrected chi connectivity index (χ0v) is 13.4. The number of aryl methyl sites for hydroxylation is 1. The van der Waals surface area contributed by atoms with E-state index in [4.69, 9.17) is 10.1 Å². The summed E-state index contributed by atoms with van der Waals surface area (Å²) in [4.78, 5) is 17.0. The van der Waals surface area contributed by atoms with E-state index >= 15 is 0 Å². The predicted octanol–water partition coefficient (Wildman–Crippen LogP) is 3.32. The molecule has 1 aromatic carbocycles. The summed E-state index contributed by atoms with van der Waals surface area (Å²) >= 11 is 1.61. The smallest absolute Gasteiger partial charge is 0.228 e. The number of carbonyl (C=O) groups is 1. The fourth-order valence-electron chi connectivity index (χ4n) is 3.17. The highest BCUT2D eigenvalue weighted by Crippen LogP contribution is 2.36. The Morgan fingerprint density at radius 3 is 2.96 bits per heavy atom. The van der Waals surface area contributed by atoms with Crippen LogP contribution < -0.4 is 5.32 Å². The van der Waals surface area contributed by atoms with Crippen LogP contribution in [0.5, 0.6) is 0 Å². The second-order valence-electron chi connectivity index (χ2n) is 6.27. The summed E-state index contributed by atoms with van der Waals surface area (Å²) in [6.45, 7) is 0. The van der Waals surface area contributed by atoms with E-state index in [9.17, 15) is 4.79 Å². The topological polar surface area (TPSA) is 59.8 Å². The quantitative estimate of drug-likeness (QED) is 0.804. The number of aromatic nitrogens is 3. The number of rotatable bonds is 3. The predicted molar refractivity (Wildman–Crippen MR) is 90.1 cm³/mol. The minimum atomic E-state index is 0.127. The van der Waals surface area contributed by atoms with Crippen LogP contribution in [0, 0.1) is 5.92 Å². The van der Waals surface area contributed by atoms with Crippen molar-refractivity contribution in [3.63, 3.8) is 0 Å². The molecule has 0 saturated heterocycles. The SMILES string of the molecule is O=C(Nc1c2c(nn1-c1nc3ccccc3s1)CCC2)C1CC1. The average Bonchev–Trinajstić information content (AvgIpc) is 3.03. The van der Waals surface area contributed by atoms with Crippen molar-refractivity contribution in [3.8, 4) is 5.13 Å². The minimum absolute atomic E-state index is 0.127. The molecule has 1 amide bonds. The standard InChI is InChI=1S/C17H16N4OS/c22-16(10-8-9-10)19-15-11-4-3-6-12(11)20-21(15)17-18-13-5-1-2-7-14(13)23-17/h1-2,5,7,10H,3-4,6,8-9H2,(H,19,22). The van der Waals surface area contributed by atoms with Gasteiger partial charge in [-0.1, -0.05) is 23.5 Å². The molecule has 1 N–H and O–H groups in total. The van der Waals surface area contributed by atoms with Crippen LogP contribution in [0.2, 0.25) is 0 Å². The average molecular weight is 324 g/mol. The van der Waals surface area contributed by atoms with Crippen LogP contribution in [0.15, 0.2) is 24.3 Å². The van der Waals surface area contributed by atoms with E-state index in [1.54, 1.807) is 11.3 Å². The first kappa shape index (κ1) is 13.2. The normalized spacial score (nSPS) is 16.7. The number of amides is 1. The van der Waals surface area contributed by atoms with Gasteiger partial charge in [0.15, 0.2) is 0 Å². The van der Waals surface area contributed by atoms with Crippen molar-refractivity contribution < 1.29 is 4.79 Å². The molecule has 3 aromatic rings. The van der Waals surface area contributed by atoms with Crippen molar-refractivity contribution >= 4 is 33.3 Å². The molecule has 23 heavy (non-hydrogen) atoms. The molecule has 6 heteroatoms. The number of benzene rings is 1. The van der Waals surface area contributed by atoms with Crippen LogP contribution in [-0.4, -0.2) is 20.7 Å². The van der Waals surface area contributed by atoms with Gasteiger partial charge in [0.25, 0.3) is 0 Å². The monoisotopic (exact) mass is 324 g/mol. The van der Waals surface area contributed by atoms with Crippen LogP contribution in [0.1, 0.15) is 30.5 Å². The molecule has 5 rings (SSSR count). The van der Waals surface area contributed by atoms with Crippen molar-refractivity contribution in [2.24, 2.45) is 5.92 Å². The first-order valence-corrected chi connectivity index (χ1v) is 8.89. The van der Waals surface area contributed by atoms with Gasteiger partial charge < -0.3 is 5.32 Å². The lowest BCUT2D eigenvalue weighted by atomic mass is 10.2. The maximum atomic E-state index is 12.3. The van der Waals surface area contributed by atoms with E-state index in [1.165, 1.54) is 5.56 Å². The largest absolute Gasteiger partial charge is 0.310 e. The Morgan fingerprint density at radius 1 is 1.26 bits per heavy atom. The highest BCUT2D eigenvalue weighted by molar-refractivity contribution is 7.20. The Hall–Kier alpha value is -2.21. The van der Waals surface area contributed by atoms with Gasteiger partial charge in [-0.25, -0.2) is 4.98 Å². The number of para-hydroxylation sites is 1. The lowest BCUT2D eigenvalue weighted by Crippen LogP contribution is -2.17. The van der Waals surface area contributed by atoms with Gasteiger partial charge in [-0.3, -0.25) is 4.79 Å². The maximum absolute atomic E-state index is 12.3. The first-order valence-electron chi connectivity index (χ1n) is 8.07. The van der Waals surface area contributed by atoms with Crippen LogP contribution >= 0.6 is 11.3 Å². The Kier molecular flexibility index (Phi) is 2.82. The van der Waals surface area contributed by atoms with Crippen molar-refractivity contribution in [3.05, 3.63) is 35.5 Å². The van der Waals surface area contributed by atoms with E-state index in [1.807, 2.05) is 22.9 Å². The Morgan fingerprint density at radius 2 is 2.13 bits per heavy atom. The molecule has 1 fully saturated rings. The number of nitrogens with one attached hydrogen (secondary N) is 1. The summed E-state index contributed by atoms with van der Waals surface area (Å²) in [5, 5.41) is 8.69. The number of carbonyl (C=O) groups excluding carboxylic acids is 1. The van der Waals surface area contributed by atoms with Crippen molar-refractivity contribution in [1.29, 1.82) is 0 Å². The molecule has 116 valence electrons. The molecule has 2 aromatic heterocycles. The van der Waals surface area contributed by atoms with E-state index in [0.717, 1.165) is 59.0 Å². The molecule has 0 aliphatic heterocycles. The Balaban J connectivity index is 1.62. The van der Waals surface area contributed by atoms with Gasteiger partial charge in [-0.05, 0) is 44.2 Å². The number of nitrogens with zero attached hydrogens (tertiary/aromatic N) is 3. The van der Waals surface area contributed by atoms with E-state index in [0.29, 0.717) is 0 Å². The Labute approximate surface area is 137 Å².